The normalized spacial score (nSPS) is 13.8. The summed E-state index contributed by atoms with van der Waals surface area (Å²) in [5.41, 5.74) is 1.14. The van der Waals surface area contributed by atoms with E-state index in [9.17, 15) is 18.4 Å². The molecule has 1 heterocycles. The molecular formula is C21H22ClF2N3O3. The first-order chi connectivity index (χ1) is 14.5. The van der Waals surface area contributed by atoms with Gasteiger partial charge >= 0.3 is 0 Å². The average Bonchev–Trinajstić information content (AvgIpc) is 2.72. The second-order valence-electron chi connectivity index (χ2n) is 6.77. The maximum Gasteiger partial charge on any atom is 0.254 e. The zero-order valence-corrected chi connectivity index (χ0v) is 17.0. The fourth-order valence-corrected chi connectivity index (χ4v) is 3.45. The van der Waals surface area contributed by atoms with E-state index in [2.05, 4.69) is 15.5 Å². The smallest absolute Gasteiger partial charge is 0.254 e. The van der Waals surface area contributed by atoms with Crippen LogP contribution in [0.5, 0.6) is 0 Å². The van der Waals surface area contributed by atoms with E-state index in [1.807, 2.05) is 0 Å². The summed E-state index contributed by atoms with van der Waals surface area (Å²) in [6, 6.07) is 8.07. The maximum absolute atomic E-state index is 13.6. The molecule has 3 rings (SSSR count). The molecule has 6 nitrogen and oxygen atoms in total. The first-order valence-electron chi connectivity index (χ1n) is 9.60. The van der Waals surface area contributed by atoms with Crippen LogP contribution in [0.3, 0.4) is 0 Å². The molecule has 0 aromatic heterocycles. The van der Waals surface area contributed by atoms with Crippen LogP contribution in [0, 0.1) is 11.6 Å². The number of morpholine rings is 1. The molecule has 0 spiro atoms. The Morgan fingerprint density at radius 1 is 1.13 bits per heavy atom. The Balaban J connectivity index is 1.50. The molecular weight excluding hydrogens is 416 g/mol. The topological polar surface area (TPSA) is 70.7 Å². The summed E-state index contributed by atoms with van der Waals surface area (Å²) in [5, 5.41) is 5.93. The SMILES string of the molecule is O=C(CCCNC(=O)c1ccc(F)cc1F)Nc1cccc(Cl)c1N1CCOCC1. The van der Waals surface area contributed by atoms with Crippen molar-refractivity contribution in [1.29, 1.82) is 0 Å². The number of para-hydroxylation sites is 1. The number of benzene rings is 2. The Kier molecular flexibility index (Phi) is 7.59. The van der Waals surface area contributed by atoms with E-state index in [0.29, 0.717) is 49.5 Å². The van der Waals surface area contributed by atoms with Gasteiger partial charge < -0.3 is 20.3 Å². The van der Waals surface area contributed by atoms with E-state index in [0.717, 1.165) is 17.8 Å². The molecule has 2 aromatic carbocycles. The van der Waals surface area contributed by atoms with Crippen molar-refractivity contribution in [2.75, 3.05) is 43.1 Å². The summed E-state index contributed by atoms with van der Waals surface area (Å²) in [6.07, 6.45) is 0.509. The number of ether oxygens (including phenoxy) is 1. The quantitative estimate of drug-likeness (QED) is 0.649. The Labute approximate surface area is 178 Å². The lowest BCUT2D eigenvalue weighted by atomic mass is 10.2. The number of nitrogens with one attached hydrogen (secondary N) is 2. The van der Waals surface area contributed by atoms with Gasteiger partial charge in [-0.15, -0.1) is 0 Å². The summed E-state index contributed by atoms with van der Waals surface area (Å²) in [5.74, 6) is -2.56. The number of hydrogen-bond acceptors (Lipinski definition) is 4. The molecule has 1 fully saturated rings. The molecule has 0 aliphatic carbocycles. The van der Waals surface area contributed by atoms with Crippen molar-refractivity contribution < 1.29 is 23.1 Å². The number of carbonyl (C=O) groups excluding carboxylic acids is 2. The molecule has 30 heavy (non-hydrogen) atoms. The average molecular weight is 438 g/mol. The van der Waals surface area contributed by atoms with Gasteiger partial charge in [0.1, 0.15) is 11.6 Å². The fourth-order valence-electron chi connectivity index (χ4n) is 3.16. The Morgan fingerprint density at radius 3 is 2.63 bits per heavy atom. The van der Waals surface area contributed by atoms with Crippen LogP contribution in [0.4, 0.5) is 20.2 Å². The summed E-state index contributed by atoms with van der Waals surface area (Å²) in [4.78, 5) is 26.4. The zero-order chi connectivity index (χ0) is 21.5. The largest absolute Gasteiger partial charge is 0.378 e. The highest BCUT2D eigenvalue weighted by molar-refractivity contribution is 6.34. The van der Waals surface area contributed by atoms with E-state index in [1.54, 1.807) is 18.2 Å². The van der Waals surface area contributed by atoms with Crippen LogP contribution >= 0.6 is 11.6 Å². The lowest BCUT2D eigenvalue weighted by Gasteiger charge is -2.31. The van der Waals surface area contributed by atoms with E-state index in [4.69, 9.17) is 16.3 Å². The number of carbonyl (C=O) groups is 2. The van der Waals surface area contributed by atoms with Crippen LogP contribution in [0.2, 0.25) is 5.02 Å². The lowest BCUT2D eigenvalue weighted by Crippen LogP contribution is -2.37. The second-order valence-corrected chi connectivity index (χ2v) is 7.17. The van der Waals surface area contributed by atoms with Gasteiger partial charge in [0.2, 0.25) is 5.91 Å². The second kappa shape index (κ2) is 10.4. The van der Waals surface area contributed by atoms with Crippen molar-refractivity contribution >= 4 is 34.8 Å². The van der Waals surface area contributed by atoms with Crippen molar-refractivity contribution in [3.8, 4) is 0 Å². The Morgan fingerprint density at radius 2 is 1.90 bits per heavy atom. The molecule has 2 N–H and O–H groups in total. The van der Waals surface area contributed by atoms with Gasteiger partial charge in [-0.1, -0.05) is 17.7 Å². The van der Waals surface area contributed by atoms with E-state index in [-0.39, 0.29) is 24.4 Å². The summed E-state index contributed by atoms with van der Waals surface area (Å²) in [6.45, 7) is 2.71. The molecule has 1 saturated heterocycles. The van der Waals surface area contributed by atoms with Gasteiger partial charge in [0, 0.05) is 32.1 Å². The van der Waals surface area contributed by atoms with Crippen molar-refractivity contribution in [2.45, 2.75) is 12.8 Å². The van der Waals surface area contributed by atoms with Gasteiger partial charge in [-0.2, -0.15) is 0 Å². The predicted octanol–water partition coefficient (Wildman–Crippen LogP) is 3.60. The van der Waals surface area contributed by atoms with Crippen LogP contribution in [0.25, 0.3) is 0 Å². The van der Waals surface area contributed by atoms with Crippen molar-refractivity contribution in [3.05, 3.63) is 58.6 Å². The standard InChI is InChI=1S/C21H22ClF2N3O3/c22-16-3-1-4-18(20(16)27-9-11-30-12-10-27)26-19(28)5-2-8-25-21(29)15-7-6-14(23)13-17(15)24/h1,3-4,6-7,13H,2,5,8-12H2,(H,25,29)(H,26,28). The van der Waals surface area contributed by atoms with E-state index in [1.165, 1.54) is 0 Å². The molecule has 0 atom stereocenters. The van der Waals surface area contributed by atoms with Crippen molar-refractivity contribution in [1.82, 2.24) is 5.32 Å². The highest BCUT2D eigenvalue weighted by Crippen LogP contribution is 2.34. The number of amides is 2. The third-order valence-electron chi connectivity index (χ3n) is 4.63. The predicted molar refractivity (Wildman–Crippen MR) is 111 cm³/mol. The lowest BCUT2D eigenvalue weighted by molar-refractivity contribution is -0.116. The molecule has 9 heteroatoms. The van der Waals surface area contributed by atoms with Gasteiger partial charge in [-0.3, -0.25) is 9.59 Å². The van der Waals surface area contributed by atoms with E-state index >= 15 is 0 Å². The highest BCUT2D eigenvalue weighted by atomic mass is 35.5. The summed E-state index contributed by atoms with van der Waals surface area (Å²) >= 11 is 6.35. The van der Waals surface area contributed by atoms with Crippen molar-refractivity contribution in [3.63, 3.8) is 0 Å². The van der Waals surface area contributed by atoms with Crippen LogP contribution in [-0.2, 0) is 9.53 Å². The molecule has 0 unspecified atom stereocenters. The number of nitrogens with zero attached hydrogens (tertiary/aromatic N) is 1. The van der Waals surface area contributed by atoms with Gasteiger partial charge in [0.15, 0.2) is 0 Å². The number of anilines is 2. The molecule has 0 saturated carbocycles. The van der Waals surface area contributed by atoms with E-state index < -0.39 is 17.5 Å². The van der Waals surface area contributed by atoms with Gasteiger partial charge in [0.25, 0.3) is 5.91 Å². The van der Waals surface area contributed by atoms with Gasteiger partial charge in [-0.25, -0.2) is 8.78 Å². The minimum absolute atomic E-state index is 0.154. The number of halogens is 3. The summed E-state index contributed by atoms with van der Waals surface area (Å²) in [7, 11) is 0. The highest BCUT2D eigenvalue weighted by Gasteiger charge is 2.19. The minimum atomic E-state index is -0.929. The Hall–Kier alpha value is -2.71. The number of rotatable bonds is 7. The molecule has 2 aromatic rings. The maximum atomic E-state index is 13.6. The van der Waals surface area contributed by atoms with Crippen molar-refractivity contribution in [2.24, 2.45) is 0 Å². The fraction of sp³-hybridized carbons (Fsp3) is 0.333. The number of hydrogen-bond donors (Lipinski definition) is 2. The van der Waals surface area contributed by atoms with Gasteiger partial charge in [0.05, 0.1) is 35.2 Å². The minimum Gasteiger partial charge on any atom is -0.378 e. The van der Waals surface area contributed by atoms with Crippen LogP contribution in [-0.4, -0.2) is 44.7 Å². The summed E-state index contributed by atoms with van der Waals surface area (Å²) < 4.78 is 31.9. The molecule has 160 valence electrons. The molecule has 0 radical (unpaired) electrons. The third-order valence-corrected chi connectivity index (χ3v) is 4.94. The molecule has 1 aliphatic rings. The Bertz CT molecular complexity index is 920. The zero-order valence-electron chi connectivity index (χ0n) is 16.2. The first kappa shape index (κ1) is 22.0. The molecule has 0 bridgehead atoms. The monoisotopic (exact) mass is 437 g/mol. The van der Waals surface area contributed by atoms with Gasteiger partial charge in [-0.05, 0) is 30.7 Å². The molecule has 1 aliphatic heterocycles. The third kappa shape index (κ3) is 5.67. The van der Waals surface area contributed by atoms with Crippen LogP contribution in [0.15, 0.2) is 36.4 Å². The van der Waals surface area contributed by atoms with Crippen LogP contribution < -0.4 is 15.5 Å². The first-order valence-corrected chi connectivity index (χ1v) is 9.98. The van der Waals surface area contributed by atoms with Crippen LogP contribution in [0.1, 0.15) is 23.2 Å². The molecule has 2 amide bonds.